The minimum atomic E-state index is 0.0239. The third kappa shape index (κ3) is 4.16. The summed E-state index contributed by atoms with van der Waals surface area (Å²) in [4.78, 5) is 6.36. The van der Waals surface area contributed by atoms with Gasteiger partial charge in [0.2, 0.25) is 0 Å². The summed E-state index contributed by atoms with van der Waals surface area (Å²) in [5, 5.41) is 0. The van der Waals surface area contributed by atoms with Crippen LogP contribution in [0.4, 0.5) is 0 Å². The maximum Gasteiger partial charge on any atom is 0.137 e. The number of likely N-dealkylation sites (N-methyl/N-ethyl adjacent to an activating group) is 1. The first-order valence-electron chi connectivity index (χ1n) is 5.62. The first kappa shape index (κ1) is 12.9. The highest BCUT2D eigenvalue weighted by Crippen LogP contribution is 2.14. The molecule has 16 heavy (non-hydrogen) atoms. The van der Waals surface area contributed by atoms with Crippen LogP contribution in [0.25, 0.3) is 0 Å². The zero-order valence-electron chi connectivity index (χ0n) is 10.3. The Labute approximate surface area is 97.4 Å². The summed E-state index contributed by atoms with van der Waals surface area (Å²) >= 11 is 0. The highest BCUT2D eigenvalue weighted by molar-refractivity contribution is 5.21. The molecule has 1 aromatic heterocycles. The van der Waals surface area contributed by atoms with Crippen LogP contribution in [0.5, 0.6) is 5.75 Å². The predicted octanol–water partition coefficient (Wildman–Crippen LogP) is 1.43. The average molecular weight is 223 g/mol. The number of hydrogen-bond donors (Lipinski definition) is 1. The average Bonchev–Trinajstić information content (AvgIpc) is 2.28. The van der Waals surface area contributed by atoms with E-state index in [0.717, 1.165) is 24.4 Å². The Bertz CT molecular complexity index is 298. The molecule has 0 bridgehead atoms. The lowest BCUT2D eigenvalue weighted by Crippen LogP contribution is -2.19. The Kier molecular flexibility index (Phi) is 5.22. The Morgan fingerprint density at radius 3 is 2.69 bits per heavy atom. The standard InChI is InChI=1S/C12H21N3O/c1-4-11(13)12-6-5-10(9-14-12)16-8-7-15(2)3/h5-6,9,11H,4,7-8,13H2,1-3H3/t11-/m1/s1. The van der Waals surface area contributed by atoms with Gasteiger partial charge in [-0.05, 0) is 32.6 Å². The molecule has 0 spiro atoms. The third-order valence-electron chi connectivity index (χ3n) is 2.39. The van der Waals surface area contributed by atoms with E-state index in [2.05, 4.69) is 9.88 Å². The van der Waals surface area contributed by atoms with Crippen molar-refractivity contribution in [1.82, 2.24) is 9.88 Å². The summed E-state index contributed by atoms with van der Waals surface area (Å²) in [6, 6.07) is 3.88. The van der Waals surface area contributed by atoms with Crippen molar-refractivity contribution >= 4 is 0 Å². The number of aromatic nitrogens is 1. The van der Waals surface area contributed by atoms with Crippen molar-refractivity contribution in [2.45, 2.75) is 19.4 Å². The Hall–Kier alpha value is -1.13. The van der Waals surface area contributed by atoms with Gasteiger partial charge in [-0.2, -0.15) is 0 Å². The van der Waals surface area contributed by atoms with Crippen LogP contribution in [0.15, 0.2) is 18.3 Å². The van der Waals surface area contributed by atoms with Gasteiger partial charge in [0.15, 0.2) is 0 Å². The monoisotopic (exact) mass is 223 g/mol. The molecular formula is C12H21N3O. The fourth-order valence-electron chi connectivity index (χ4n) is 1.25. The van der Waals surface area contributed by atoms with Gasteiger partial charge in [0.05, 0.1) is 11.9 Å². The Morgan fingerprint density at radius 1 is 1.44 bits per heavy atom. The SMILES string of the molecule is CC[C@@H](N)c1ccc(OCCN(C)C)cn1. The summed E-state index contributed by atoms with van der Waals surface area (Å²) in [7, 11) is 4.04. The second-order valence-electron chi connectivity index (χ2n) is 4.09. The fourth-order valence-corrected chi connectivity index (χ4v) is 1.25. The summed E-state index contributed by atoms with van der Waals surface area (Å²) in [6.07, 6.45) is 2.63. The van der Waals surface area contributed by atoms with E-state index in [9.17, 15) is 0 Å². The van der Waals surface area contributed by atoms with Crippen molar-refractivity contribution < 1.29 is 4.74 Å². The van der Waals surface area contributed by atoms with Crippen LogP contribution in [-0.4, -0.2) is 37.1 Å². The molecule has 4 nitrogen and oxygen atoms in total. The molecule has 0 unspecified atom stereocenters. The molecule has 0 aliphatic rings. The van der Waals surface area contributed by atoms with E-state index in [0.29, 0.717) is 6.61 Å². The maximum absolute atomic E-state index is 5.87. The highest BCUT2D eigenvalue weighted by atomic mass is 16.5. The fraction of sp³-hybridized carbons (Fsp3) is 0.583. The van der Waals surface area contributed by atoms with Crippen LogP contribution in [0, 0.1) is 0 Å². The van der Waals surface area contributed by atoms with E-state index in [1.54, 1.807) is 6.20 Å². The molecule has 0 aliphatic heterocycles. The molecule has 1 rings (SSSR count). The van der Waals surface area contributed by atoms with Crippen LogP contribution in [0.1, 0.15) is 25.1 Å². The van der Waals surface area contributed by atoms with Gasteiger partial charge in [-0.3, -0.25) is 4.98 Å². The Balaban J connectivity index is 2.45. The topological polar surface area (TPSA) is 51.4 Å². The molecule has 0 radical (unpaired) electrons. The molecule has 0 fully saturated rings. The smallest absolute Gasteiger partial charge is 0.137 e. The minimum absolute atomic E-state index is 0.0239. The molecule has 1 aromatic rings. The van der Waals surface area contributed by atoms with E-state index in [1.807, 2.05) is 33.2 Å². The zero-order valence-corrected chi connectivity index (χ0v) is 10.3. The van der Waals surface area contributed by atoms with Gasteiger partial charge < -0.3 is 15.4 Å². The van der Waals surface area contributed by atoms with Crippen molar-refractivity contribution in [3.8, 4) is 5.75 Å². The highest BCUT2D eigenvalue weighted by Gasteiger charge is 2.04. The molecule has 0 aromatic carbocycles. The second kappa shape index (κ2) is 6.45. The largest absolute Gasteiger partial charge is 0.491 e. The molecule has 2 N–H and O–H groups in total. The summed E-state index contributed by atoms with van der Waals surface area (Å²) in [5.41, 5.74) is 6.79. The van der Waals surface area contributed by atoms with Gasteiger partial charge in [-0.25, -0.2) is 0 Å². The summed E-state index contributed by atoms with van der Waals surface area (Å²) < 4.78 is 5.54. The minimum Gasteiger partial charge on any atom is -0.491 e. The number of ether oxygens (including phenoxy) is 1. The third-order valence-corrected chi connectivity index (χ3v) is 2.39. The van der Waals surface area contributed by atoms with E-state index in [1.165, 1.54) is 0 Å². The van der Waals surface area contributed by atoms with Gasteiger partial charge in [0.25, 0.3) is 0 Å². The molecule has 0 saturated heterocycles. The zero-order chi connectivity index (χ0) is 12.0. The lowest BCUT2D eigenvalue weighted by molar-refractivity contribution is 0.260. The number of nitrogens with two attached hydrogens (primary N) is 1. The number of hydrogen-bond acceptors (Lipinski definition) is 4. The van der Waals surface area contributed by atoms with E-state index in [4.69, 9.17) is 10.5 Å². The maximum atomic E-state index is 5.87. The molecule has 1 heterocycles. The quantitative estimate of drug-likeness (QED) is 0.792. The van der Waals surface area contributed by atoms with Crippen LogP contribution in [0.3, 0.4) is 0 Å². The summed E-state index contributed by atoms with van der Waals surface area (Å²) in [6.45, 7) is 3.62. The van der Waals surface area contributed by atoms with Crippen molar-refractivity contribution in [2.24, 2.45) is 5.73 Å². The van der Waals surface area contributed by atoms with Crippen LogP contribution in [0.2, 0.25) is 0 Å². The summed E-state index contributed by atoms with van der Waals surface area (Å²) in [5.74, 6) is 0.800. The van der Waals surface area contributed by atoms with Gasteiger partial charge in [-0.15, -0.1) is 0 Å². The van der Waals surface area contributed by atoms with Crippen LogP contribution >= 0.6 is 0 Å². The molecule has 1 atom stereocenters. The molecule has 90 valence electrons. The normalized spacial score (nSPS) is 12.8. The van der Waals surface area contributed by atoms with E-state index >= 15 is 0 Å². The second-order valence-corrected chi connectivity index (χ2v) is 4.09. The van der Waals surface area contributed by atoms with Crippen molar-refractivity contribution in [3.05, 3.63) is 24.0 Å². The number of nitrogens with zero attached hydrogens (tertiary/aromatic N) is 2. The lowest BCUT2D eigenvalue weighted by Gasteiger charge is -2.12. The predicted molar refractivity (Wildman–Crippen MR) is 65.5 cm³/mol. The van der Waals surface area contributed by atoms with Crippen molar-refractivity contribution in [2.75, 3.05) is 27.2 Å². The van der Waals surface area contributed by atoms with Crippen molar-refractivity contribution in [3.63, 3.8) is 0 Å². The van der Waals surface area contributed by atoms with Crippen LogP contribution < -0.4 is 10.5 Å². The lowest BCUT2D eigenvalue weighted by atomic mass is 10.1. The first-order chi connectivity index (χ1) is 7.63. The molecular weight excluding hydrogens is 202 g/mol. The van der Waals surface area contributed by atoms with Gasteiger partial charge in [-0.1, -0.05) is 6.92 Å². The number of pyridine rings is 1. The number of rotatable bonds is 6. The van der Waals surface area contributed by atoms with Gasteiger partial charge in [0, 0.05) is 12.6 Å². The molecule has 0 aliphatic carbocycles. The van der Waals surface area contributed by atoms with E-state index < -0.39 is 0 Å². The first-order valence-corrected chi connectivity index (χ1v) is 5.62. The van der Waals surface area contributed by atoms with E-state index in [-0.39, 0.29) is 6.04 Å². The van der Waals surface area contributed by atoms with Crippen LogP contribution in [-0.2, 0) is 0 Å². The van der Waals surface area contributed by atoms with Gasteiger partial charge >= 0.3 is 0 Å². The van der Waals surface area contributed by atoms with Crippen molar-refractivity contribution in [1.29, 1.82) is 0 Å². The molecule has 0 amide bonds. The molecule has 0 saturated carbocycles. The van der Waals surface area contributed by atoms with Gasteiger partial charge in [0.1, 0.15) is 12.4 Å². The Morgan fingerprint density at radius 2 is 2.19 bits per heavy atom. The molecule has 4 heteroatoms.